The summed E-state index contributed by atoms with van der Waals surface area (Å²) in [6.45, 7) is 15.3. The van der Waals surface area contributed by atoms with Crippen LogP contribution in [-0.2, 0) is 19.3 Å². The molecule has 2 aliphatic heterocycles. The third kappa shape index (κ3) is 12.7. The number of halogens is 1. The molecule has 6 atom stereocenters. The number of amides is 2. The Morgan fingerprint density at radius 1 is 0.575 bits per heavy atom. The number of Topliss-reactive ketones (excluding diaryl/α,β-unsaturated/α-hetero) is 2. The molecule has 4 fully saturated rings. The van der Waals surface area contributed by atoms with Crippen molar-refractivity contribution in [3.05, 3.63) is 188 Å². The lowest BCUT2D eigenvalue weighted by atomic mass is 9.97. The maximum atomic E-state index is 13.3. The van der Waals surface area contributed by atoms with Gasteiger partial charge in [0.1, 0.15) is 16.7 Å². The molecule has 0 radical (unpaired) electrons. The highest BCUT2D eigenvalue weighted by atomic mass is 35.5. The number of ketones is 2. The van der Waals surface area contributed by atoms with E-state index in [-0.39, 0.29) is 36.2 Å². The number of nitrogens with zero attached hydrogens (tertiary/aromatic N) is 4. The number of benzene rings is 4. The van der Waals surface area contributed by atoms with Gasteiger partial charge in [0.15, 0.2) is 11.6 Å². The summed E-state index contributed by atoms with van der Waals surface area (Å²) in [5, 5.41) is 0.355. The summed E-state index contributed by atoms with van der Waals surface area (Å²) >= 11 is 5.82. The lowest BCUT2D eigenvalue weighted by Crippen LogP contribution is -2.31. The summed E-state index contributed by atoms with van der Waals surface area (Å²) in [6.07, 6.45) is 4.56. The summed E-state index contributed by atoms with van der Waals surface area (Å²) in [7, 11) is 3.35. The number of pyridine rings is 2. The quantitative estimate of drug-likeness (QED) is 0.0832. The lowest BCUT2D eigenvalue weighted by molar-refractivity contribution is 0.0765. The van der Waals surface area contributed by atoms with Crippen LogP contribution in [0.1, 0.15) is 120 Å². The molecule has 6 aromatic rings. The Morgan fingerprint density at radius 2 is 0.959 bits per heavy atom. The topological polar surface area (TPSA) is 145 Å². The molecule has 2 saturated carbocycles. The molecule has 4 aromatic carbocycles. The van der Waals surface area contributed by atoms with E-state index in [4.69, 9.17) is 26.8 Å². The Balaban J connectivity index is 0.000000182. The average Bonchev–Trinajstić information content (AvgIpc) is 4.10. The molecule has 2 amide bonds. The zero-order valence-corrected chi connectivity index (χ0v) is 44.1. The fraction of sp³-hybridized carbons (Fsp3) is 0.377. The van der Waals surface area contributed by atoms with Crippen molar-refractivity contribution >= 4 is 35.0 Å². The second-order valence-electron chi connectivity index (χ2n) is 20.9. The highest BCUT2D eigenvalue weighted by molar-refractivity contribution is 6.29. The number of aromatic nitrogens is 2. The maximum Gasteiger partial charge on any atom is 0.253 e. The molecule has 2 aromatic heterocycles. The van der Waals surface area contributed by atoms with Crippen molar-refractivity contribution in [3.63, 3.8) is 0 Å². The first-order valence-electron chi connectivity index (χ1n) is 25.5. The van der Waals surface area contributed by atoms with Crippen LogP contribution in [0.25, 0.3) is 0 Å². The van der Waals surface area contributed by atoms with Crippen molar-refractivity contribution < 1.29 is 28.7 Å². The van der Waals surface area contributed by atoms with Gasteiger partial charge < -0.3 is 25.0 Å². The number of carbonyl (C=O) groups excluding carboxylic acids is 4. The van der Waals surface area contributed by atoms with E-state index in [1.165, 1.54) is 17.3 Å². The van der Waals surface area contributed by atoms with Crippen LogP contribution in [0, 0.1) is 43.4 Å². The molecule has 2 N–H and O–H groups in total. The van der Waals surface area contributed by atoms with Crippen LogP contribution in [0.2, 0.25) is 5.15 Å². The highest BCUT2D eigenvalue weighted by Gasteiger charge is 2.58. The highest BCUT2D eigenvalue weighted by Crippen LogP contribution is 2.59. The van der Waals surface area contributed by atoms with Gasteiger partial charge in [-0.05, 0) is 174 Å². The number of piperidine rings is 2. The molecule has 0 spiro atoms. The van der Waals surface area contributed by atoms with Crippen LogP contribution in [0.4, 0.5) is 0 Å². The molecule has 2 unspecified atom stereocenters. The number of rotatable bonds is 14. The summed E-state index contributed by atoms with van der Waals surface area (Å²) in [5.41, 5.74) is 15.0. The van der Waals surface area contributed by atoms with Crippen molar-refractivity contribution in [2.75, 3.05) is 40.4 Å². The Bertz CT molecular complexity index is 2900. The Labute approximate surface area is 435 Å². The second-order valence-corrected chi connectivity index (χ2v) is 21.3. The monoisotopic (exact) mass is 1000 g/mol. The van der Waals surface area contributed by atoms with Gasteiger partial charge >= 0.3 is 0 Å². The van der Waals surface area contributed by atoms with Crippen LogP contribution in [0.5, 0.6) is 11.5 Å². The Hall–Kier alpha value is -6.69. The van der Waals surface area contributed by atoms with Gasteiger partial charge in [-0.2, -0.15) is 0 Å². The predicted molar refractivity (Wildman–Crippen MR) is 287 cm³/mol. The number of methoxy groups -OCH3 is 2. The predicted octanol–water partition coefficient (Wildman–Crippen LogP) is 10.8. The molecule has 2 saturated heterocycles. The molecular weight excluding hydrogens is 934 g/mol. The van der Waals surface area contributed by atoms with E-state index in [9.17, 15) is 19.2 Å². The Kier molecular flexibility index (Phi) is 16.6. The van der Waals surface area contributed by atoms with Gasteiger partial charge in [0, 0.05) is 79.4 Å². The first kappa shape index (κ1) is 52.6. The maximum absolute atomic E-state index is 13.3. The number of fused-ring (bicyclic) bond motifs is 2. The molecular formula is C61H68ClN5O6. The van der Waals surface area contributed by atoms with Crippen LogP contribution >= 0.6 is 11.6 Å². The number of hydrogen-bond donors (Lipinski definition) is 1. The van der Waals surface area contributed by atoms with Crippen LogP contribution in [-0.4, -0.2) is 89.6 Å². The first-order chi connectivity index (χ1) is 35.0. The molecule has 10 rings (SSSR count). The van der Waals surface area contributed by atoms with Gasteiger partial charge in [0.05, 0.1) is 14.2 Å². The summed E-state index contributed by atoms with van der Waals surface area (Å²) < 4.78 is 10.5. The normalized spacial score (nSPS) is 20.0. The minimum absolute atomic E-state index is 0.0241. The zero-order valence-electron chi connectivity index (χ0n) is 43.3. The van der Waals surface area contributed by atoms with E-state index in [1.807, 2.05) is 110 Å². The van der Waals surface area contributed by atoms with Crippen LogP contribution in [0.3, 0.4) is 0 Å². The summed E-state index contributed by atoms with van der Waals surface area (Å²) in [4.78, 5) is 64.5. The average molecular weight is 1000 g/mol. The molecule has 73 heavy (non-hydrogen) atoms. The number of hydrogen-bond acceptors (Lipinski definition) is 9. The number of aryl methyl sites for hydroxylation is 2. The number of nitrogens with two attached hydrogens (primary N) is 1. The summed E-state index contributed by atoms with van der Waals surface area (Å²) in [6, 6.07) is 35.4. The third-order valence-electron chi connectivity index (χ3n) is 14.7. The number of likely N-dealkylation sites (tertiary alicyclic amines) is 2. The van der Waals surface area contributed by atoms with E-state index in [0.29, 0.717) is 74.9 Å². The van der Waals surface area contributed by atoms with Gasteiger partial charge in [0.2, 0.25) is 0 Å². The molecule has 12 heteroatoms. The van der Waals surface area contributed by atoms with Gasteiger partial charge in [-0.3, -0.25) is 24.2 Å². The minimum Gasteiger partial charge on any atom is -0.497 e. The lowest BCUT2D eigenvalue weighted by Gasteiger charge is -2.21. The molecule has 2 aliphatic carbocycles. The van der Waals surface area contributed by atoms with Crippen LogP contribution < -0.4 is 15.2 Å². The number of ether oxygens (including phenoxy) is 2. The third-order valence-corrected chi connectivity index (χ3v) is 14.9. The molecule has 11 nitrogen and oxygen atoms in total. The van der Waals surface area contributed by atoms with E-state index >= 15 is 0 Å². The molecule has 380 valence electrons. The van der Waals surface area contributed by atoms with Crippen molar-refractivity contribution in [3.8, 4) is 11.5 Å². The van der Waals surface area contributed by atoms with Gasteiger partial charge in [-0.15, -0.1) is 0 Å². The molecule has 0 bridgehead atoms. The minimum atomic E-state index is -0.0448. The van der Waals surface area contributed by atoms with E-state index < -0.39 is 0 Å². The van der Waals surface area contributed by atoms with Crippen molar-refractivity contribution in [2.24, 2.45) is 35.3 Å². The van der Waals surface area contributed by atoms with Gasteiger partial charge in [-0.25, -0.2) is 4.98 Å². The fourth-order valence-corrected chi connectivity index (χ4v) is 10.7. The fourth-order valence-electron chi connectivity index (χ4n) is 10.6. The standard InChI is InChI=1S/C31H34N2O3.C27H25ClN2O3.C3H9N/c1-19(2)13-25-10-7-23(16-32-25)29(34)15-24-14-22(6-5-20(24)3)31(35)33-17-27-28(18-33)30(27)21-8-11-26(36-4)12-9-21;1-16-3-4-18(11-20(16)12-24(31)19-7-10-25(28)29-13-19)27(32)30-14-22-23(15-30)26(22)17-5-8-21(33-2)9-6-17;1-3(2)4/h5-12,14,16,19,27-28,30H,13,15,17-18H2,1-4H3;3-11,13,22-23,26H,12,14-15H2,1-2H3;3H,4H2,1-2H3/t27-,28+,30?;22-,23+,26?;. The van der Waals surface area contributed by atoms with Gasteiger partial charge in [-0.1, -0.05) is 75.7 Å². The van der Waals surface area contributed by atoms with Crippen molar-refractivity contribution in [1.29, 1.82) is 0 Å². The van der Waals surface area contributed by atoms with Crippen LogP contribution in [0.15, 0.2) is 122 Å². The molecule has 4 heterocycles. The smallest absolute Gasteiger partial charge is 0.253 e. The van der Waals surface area contributed by atoms with Gasteiger partial charge in [0.25, 0.3) is 11.8 Å². The first-order valence-corrected chi connectivity index (χ1v) is 25.8. The van der Waals surface area contributed by atoms with E-state index in [0.717, 1.165) is 72.0 Å². The van der Waals surface area contributed by atoms with E-state index in [2.05, 4.69) is 48.1 Å². The van der Waals surface area contributed by atoms with E-state index in [1.54, 1.807) is 32.5 Å². The summed E-state index contributed by atoms with van der Waals surface area (Å²) in [5.74, 6) is 5.49. The van der Waals surface area contributed by atoms with Crippen molar-refractivity contribution in [1.82, 2.24) is 19.8 Å². The largest absolute Gasteiger partial charge is 0.497 e. The zero-order chi connectivity index (χ0) is 52.1. The van der Waals surface area contributed by atoms with Crippen molar-refractivity contribution in [2.45, 2.75) is 78.7 Å². The SMILES string of the molecule is CC(C)N.COc1ccc(C2[C@H]3CN(C(=O)c4ccc(C)c(CC(=O)c5ccc(CC(C)C)nc5)c4)C[C@@H]23)cc1.COc1ccc(C2[C@H]3CN(C(=O)c4ccc(C)c(CC(=O)c5ccc(Cl)nc5)c4)C[C@@H]23)cc1. The second kappa shape index (κ2) is 23.0. The molecule has 4 aliphatic rings. The number of carbonyl (C=O) groups is 4. The Morgan fingerprint density at radius 3 is 1.30 bits per heavy atom.